The Kier molecular flexibility index (Phi) is 10.7. The van der Waals surface area contributed by atoms with E-state index in [0.717, 1.165) is 25.9 Å². The summed E-state index contributed by atoms with van der Waals surface area (Å²) in [5.41, 5.74) is -1.37. The van der Waals surface area contributed by atoms with Crippen LogP contribution in [-0.4, -0.2) is 84.3 Å². The fourth-order valence-corrected chi connectivity index (χ4v) is 8.14. The molecule has 4 aromatic rings. The number of carbonyl (C=O) groups excluding carboxylic acids is 1. The number of amides is 1. The quantitative estimate of drug-likeness (QED) is 0.187. The number of nitrogens with zero attached hydrogens (tertiary/aromatic N) is 3. The maximum atomic E-state index is 12.6. The van der Waals surface area contributed by atoms with Crippen LogP contribution in [-0.2, 0) is 17.8 Å². The standard InChI is InChI=1S/C19H24N2O6S.C14H16N2O4S/c1-19(2,3)27-18(26)20-7-4-11(5-8-20)10-21-12-6-9-28-15(12)13(17(24)25)14(22)16(21)23;17-11-10(14(19)20)12-9(3-6-21-12)16(13(11)18)7-8-1-4-15-5-2-8/h6,9,11,22H,4-5,7-8,10H2,1-3H3,(H,24,25);3,6,8,15,17H,1-2,4-5,7H2,(H,19,20). The minimum absolute atomic E-state index is 0.134. The Labute approximate surface area is 288 Å². The molecule has 2 aliphatic rings. The van der Waals surface area contributed by atoms with Crippen molar-refractivity contribution in [3.63, 3.8) is 0 Å². The topological polar surface area (TPSA) is 201 Å². The molecule has 0 radical (unpaired) electrons. The van der Waals surface area contributed by atoms with Crippen LogP contribution < -0.4 is 16.4 Å². The van der Waals surface area contributed by atoms with Gasteiger partial charge in [0, 0.05) is 26.2 Å². The van der Waals surface area contributed by atoms with E-state index in [1.54, 1.807) is 27.8 Å². The lowest BCUT2D eigenvalue weighted by atomic mass is 9.96. The van der Waals surface area contributed by atoms with Gasteiger partial charge in [-0.1, -0.05) is 0 Å². The maximum Gasteiger partial charge on any atom is 0.410 e. The number of hydrogen-bond acceptors (Lipinski definition) is 11. The molecule has 49 heavy (non-hydrogen) atoms. The van der Waals surface area contributed by atoms with Gasteiger partial charge in [0.05, 0.1) is 20.4 Å². The first kappa shape index (κ1) is 35.9. The number of pyridine rings is 2. The zero-order valence-corrected chi connectivity index (χ0v) is 29.1. The van der Waals surface area contributed by atoms with Crippen molar-refractivity contribution in [2.75, 3.05) is 26.2 Å². The molecule has 0 spiro atoms. The molecule has 0 saturated carbocycles. The van der Waals surface area contributed by atoms with Crippen LogP contribution in [0.1, 0.15) is 67.2 Å². The Balaban J connectivity index is 0.000000199. The number of aromatic carboxylic acids is 2. The minimum atomic E-state index is -1.32. The summed E-state index contributed by atoms with van der Waals surface area (Å²) in [5, 5.41) is 45.4. The average Bonchev–Trinajstić information content (AvgIpc) is 3.72. The summed E-state index contributed by atoms with van der Waals surface area (Å²) in [4.78, 5) is 61.5. The Morgan fingerprint density at radius 2 is 1.22 bits per heavy atom. The molecule has 0 aliphatic carbocycles. The van der Waals surface area contributed by atoms with Crippen molar-refractivity contribution in [3.05, 3.63) is 54.7 Å². The summed E-state index contributed by atoms with van der Waals surface area (Å²) in [7, 11) is 0. The highest BCUT2D eigenvalue weighted by molar-refractivity contribution is 7.17. The fourth-order valence-electron chi connectivity index (χ4n) is 6.27. The van der Waals surface area contributed by atoms with Crippen LogP contribution in [0.15, 0.2) is 32.5 Å². The molecule has 1 amide bonds. The molecular weight excluding hydrogens is 677 g/mol. The van der Waals surface area contributed by atoms with Gasteiger partial charge in [0.15, 0.2) is 11.5 Å². The molecule has 0 bridgehead atoms. The van der Waals surface area contributed by atoms with Crippen molar-refractivity contribution in [3.8, 4) is 11.5 Å². The molecule has 2 aliphatic heterocycles. The number of rotatable bonds is 6. The van der Waals surface area contributed by atoms with E-state index < -0.39 is 40.2 Å². The highest BCUT2D eigenvalue weighted by atomic mass is 32.1. The summed E-state index contributed by atoms with van der Waals surface area (Å²) in [5.74, 6) is -3.48. The number of carboxylic acids is 2. The number of likely N-dealkylation sites (tertiary alicyclic amines) is 1. The molecule has 16 heteroatoms. The predicted molar refractivity (Wildman–Crippen MR) is 186 cm³/mol. The molecule has 5 N–H and O–H groups in total. The SMILES string of the molecule is CC(C)(C)OC(=O)N1CCC(Cn2c(=O)c(O)c(C(=O)O)c3sccc32)CC1.O=C(O)c1c(O)c(=O)n(CC2CCNCC2)c2ccsc12. The van der Waals surface area contributed by atoms with Crippen LogP contribution in [0.3, 0.4) is 0 Å². The Morgan fingerprint density at radius 1 is 0.796 bits per heavy atom. The second-order valence-corrected chi connectivity index (χ2v) is 15.1. The second kappa shape index (κ2) is 14.6. The number of fused-ring (bicyclic) bond motifs is 2. The Hall–Kier alpha value is -4.41. The van der Waals surface area contributed by atoms with Crippen LogP contribution in [0.2, 0.25) is 0 Å². The van der Waals surface area contributed by atoms with Gasteiger partial charge in [-0.05, 0) is 94.3 Å². The van der Waals surface area contributed by atoms with Gasteiger partial charge in [-0.2, -0.15) is 0 Å². The van der Waals surface area contributed by atoms with Crippen LogP contribution in [0.5, 0.6) is 11.5 Å². The van der Waals surface area contributed by atoms with Crippen molar-refractivity contribution < 1.29 is 39.5 Å². The molecule has 2 fully saturated rings. The third-order valence-electron chi connectivity index (χ3n) is 8.73. The van der Waals surface area contributed by atoms with Gasteiger partial charge in [-0.3, -0.25) is 9.59 Å². The third-order valence-corrected chi connectivity index (χ3v) is 10.6. The van der Waals surface area contributed by atoms with E-state index in [9.17, 15) is 44.4 Å². The third kappa shape index (κ3) is 7.76. The van der Waals surface area contributed by atoms with E-state index in [1.807, 2.05) is 20.8 Å². The van der Waals surface area contributed by atoms with E-state index in [-0.39, 0.29) is 23.1 Å². The van der Waals surface area contributed by atoms with E-state index in [4.69, 9.17) is 4.74 Å². The lowest BCUT2D eigenvalue weighted by molar-refractivity contribution is 0.0178. The molecule has 0 unspecified atom stereocenters. The minimum Gasteiger partial charge on any atom is -0.502 e. The van der Waals surface area contributed by atoms with Crippen LogP contribution in [0, 0.1) is 11.8 Å². The number of ether oxygens (including phenoxy) is 1. The number of hydrogen-bond donors (Lipinski definition) is 5. The smallest absolute Gasteiger partial charge is 0.410 e. The summed E-state index contributed by atoms with van der Waals surface area (Å²) < 4.78 is 9.19. The van der Waals surface area contributed by atoms with Gasteiger partial charge in [0.2, 0.25) is 0 Å². The van der Waals surface area contributed by atoms with Crippen molar-refractivity contribution in [1.29, 1.82) is 0 Å². The molecule has 0 aromatic carbocycles. The first-order chi connectivity index (χ1) is 23.2. The lowest BCUT2D eigenvalue weighted by Crippen LogP contribution is -2.42. The normalized spacial score (nSPS) is 16.0. The number of nitrogens with one attached hydrogen (secondary N) is 1. The second-order valence-electron chi connectivity index (χ2n) is 13.3. The van der Waals surface area contributed by atoms with E-state index in [0.29, 0.717) is 65.4 Å². The molecule has 2 saturated heterocycles. The molecule has 14 nitrogen and oxygen atoms in total. The summed E-state index contributed by atoms with van der Waals surface area (Å²) in [6, 6.07) is 3.44. The molecule has 264 valence electrons. The fraction of sp³-hybridized carbons (Fsp3) is 0.485. The number of carboxylic acid groups (broad SMARTS) is 2. The number of aromatic nitrogens is 2. The first-order valence-corrected chi connectivity index (χ1v) is 17.7. The number of piperidine rings is 2. The Bertz CT molecular complexity index is 1990. The van der Waals surface area contributed by atoms with Gasteiger partial charge < -0.3 is 44.5 Å². The summed E-state index contributed by atoms with van der Waals surface area (Å²) >= 11 is 2.41. The van der Waals surface area contributed by atoms with Crippen molar-refractivity contribution >= 4 is 61.1 Å². The number of aromatic hydroxyl groups is 2. The highest BCUT2D eigenvalue weighted by Gasteiger charge is 2.29. The lowest BCUT2D eigenvalue weighted by Gasteiger charge is -2.33. The van der Waals surface area contributed by atoms with Crippen molar-refractivity contribution in [2.45, 2.75) is 65.1 Å². The van der Waals surface area contributed by atoms with Gasteiger partial charge in [-0.15, -0.1) is 22.7 Å². The largest absolute Gasteiger partial charge is 0.502 e. The van der Waals surface area contributed by atoms with Crippen LogP contribution in [0.4, 0.5) is 4.79 Å². The summed E-state index contributed by atoms with van der Waals surface area (Å²) in [6.45, 7) is 9.25. The zero-order valence-electron chi connectivity index (χ0n) is 27.4. The molecule has 0 atom stereocenters. The summed E-state index contributed by atoms with van der Waals surface area (Å²) in [6.07, 6.45) is 2.99. The van der Waals surface area contributed by atoms with E-state index in [1.165, 1.54) is 31.8 Å². The Morgan fingerprint density at radius 3 is 1.63 bits per heavy atom. The van der Waals surface area contributed by atoms with Crippen LogP contribution >= 0.6 is 22.7 Å². The molecule has 6 rings (SSSR count). The monoisotopic (exact) mass is 716 g/mol. The molecular formula is C33H40N4O10S2. The molecule has 6 heterocycles. The van der Waals surface area contributed by atoms with E-state index in [2.05, 4.69) is 5.32 Å². The average molecular weight is 717 g/mol. The first-order valence-electron chi connectivity index (χ1n) is 16.0. The van der Waals surface area contributed by atoms with Crippen molar-refractivity contribution in [2.24, 2.45) is 11.8 Å². The zero-order chi connectivity index (χ0) is 35.6. The highest BCUT2D eigenvalue weighted by Crippen LogP contribution is 2.31. The number of thiophene rings is 2. The van der Waals surface area contributed by atoms with E-state index >= 15 is 0 Å². The maximum absolute atomic E-state index is 12.6. The van der Waals surface area contributed by atoms with Crippen LogP contribution in [0.25, 0.3) is 20.4 Å². The van der Waals surface area contributed by atoms with Gasteiger partial charge >= 0.3 is 18.0 Å². The molecule has 4 aromatic heterocycles. The van der Waals surface area contributed by atoms with Gasteiger partial charge in [0.25, 0.3) is 11.1 Å². The van der Waals surface area contributed by atoms with Gasteiger partial charge in [0.1, 0.15) is 16.7 Å². The predicted octanol–water partition coefficient (Wildman–Crippen LogP) is 4.58. The van der Waals surface area contributed by atoms with Gasteiger partial charge in [-0.25, -0.2) is 14.4 Å². The number of carbonyl (C=O) groups is 3. The van der Waals surface area contributed by atoms with Crippen molar-refractivity contribution in [1.82, 2.24) is 19.4 Å².